The number of carbonyl (C=O) groups excluding carboxylic acids is 5. The second-order valence-electron chi connectivity index (χ2n) is 10.9. The molecule has 0 aromatic heterocycles. The van der Waals surface area contributed by atoms with Crippen LogP contribution in [0.4, 0.5) is 0 Å². The highest BCUT2D eigenvalue weighted by atomic mass is 16.5. The van der Waals surface area contributed by atoms with Crippen molar-refractivity contribution in [3.05, 3.63) is 35.9 Å². The highest BCUT2D eigenvalue weighted by molar-refractivity contribution is 5.94. The molecule has 3 amide bonds. The summed E-state index contributed by atoms with van der Waals surface area (Å²) in [7, 11) is 1.32. The van der Waals surface area contributed by atoms with Gasteiger partial charge in [0.05, 0.1) is 19.8 Å². The number of benzene rings is 1. The van der Waals surface area contributed by atoms with Crippen molar-refractivity contribution in [1.82, 2.24) is 26.0 Å². The molecule has 12 heteroatoms. The van der Waals surface area contributed by atoms with E-state index in [4.69, 9.17) is 9.47 Å². The van der Waals surface area contributed by atoms with Gasteiger partial charge in [0, 0.05) is 38.2 Å². The summed E-state index contributed by atoms with van der Waals surface area (Å²) < 4.78 is 10.2. The third-order valence-electron chi connectivity index (χ3n) is 7.78. The minimum absolute atomic E-state index is 0.0209. The number of amides is 3. The van der Waals surface area contributed by atoms with Crippen LogP contribution in [-0.4, -0.2) is 97.7 Å². The van der Waals surface area contributed by atoms with Gasteiger partial charge in [-0.05, 0) is 70.4 Å². The minimum atomic E-state index is -0.667. The Morgan fingerprint density at radius 1 is 0.953 bits per heavy atom. The van der Waals surface area contributed by atoms with Gasteiger partial charge in [-0.2, -0.15) is 0 Å². The molecule has 2 fully saturated rings. The van der Waals surface area contributed by atoms with Crippen molar-refractivity contribution >= 4 is 29.7 Å². The van der Waals surface area contributed by atoms with Crippen LogP contribution in [0.2, 0.25) is 0 Å². The number of hydrazine groups is 1. The summed E-state index contributed by atoms with van der Waals surface area (Å²) in [6.45, 7) is 4.33. The smallest absolute Gasteiger partial charge is 0.330 e. The monoisotopic (exact) mass is 601 g/mol. The van der Waals surface area contributed by atoms with Crippen molar-refractivity contribution in [1.29, 1.82) is 0 Å². The third-order valence-corrected chi connectivity index (χ3v) is 7.78. The molecular weight excluding hydrogens is 554 g/mol. The lowest BCUT2D eigenvalue weighted by molar-refractivity contribution is -0.185. The van der Waals surface area contributed by atoms with E-state index in [-0.39, 0.29) is 24.3 Å². The number of methoxy groups -OCH3 is 1. The zero-order chi connectivity index (χ0) is 31.0. The third kappa shape index (κ3) is 10.6. The van der Waals surface area contributed by atoms with Crippen LogP contribution >= 0.6 is 0 Å². The molecule has 238 valence electrons. The Morgan fingerprint density at radius 2 is 1.70 bits per heavy atom. The Morgan fingerprint density at radius 3 is 2.44 bits per heavy atom. The lowest BCUT2D eigenvalue weighted by Gasteiger charge is -2.48. The molecule has 2 aliphatic heterocycles. The topological polar surface area (TPSA) is 146 Å². The molecule has 0 bridgehead atoms. The van der Waals surface area contributed by atoms with Gasteiger partial charge >= 0.3 is 11.9 Å². The Bertz CT molecular complexity index is 1070. The highest BCUT2D eigenvalue weighted by Gasteiger charge is 2.44. The molecule has 3 rings (SSSR count). The van der Waals surface area contributed by atoms with Gasteiger partial charge < -0.3 is 20.1 Å². The van der Waals surface area contributed by atoms with E-state index in [1.54, 1.807) is 19.1 Å². The number of unbranched alkanes of at least 4 members (excludes halogenated alkanes) is 3. The standard InChI is InChI=1S/C31H47N5O7/c1-3-43-30(40)25(34-24-18-22-35-21-12-16-26(31(41)42-2)36(35)29(24)39)15-9-11-19-32-27(37)17-8-5-10-20-33-28(38)23-13-6-4-7-14-23/h4,6-7,13-14,24-26,34H,3,5,8-12,15-22H2,1-2H3,(H,32,37)(H,33,38). The van der Waals surface area contributed by atoms with Crippen molar-refractivity contribution in [3.8, 4) is 0 Å². The fourth-order valence-electron chi connectivity index (χ4n) is 5.50. The molecule has 2 saturated heterocycles. The van der Waals surface area contributed by atoms with Gasteiger partial charge in [0.25, 0.3) is 11.8 Å². The summed E-state index contributed by atoms with van der Waals surface area (Å²) in [5, 5.41) is 12.4. The fraction of sp³-hybridized carbons (Fsp3) is 0.645. The summed E-state index contributed by atoms with van der Waals surface area (Å²) in [5.41, 5.74) is 0.635. The van der Waals surface area contributed by atoms with Gasteiger partial charge in [-0.15, -0.1) is 0 Å². The predicted molar refractivity (Wildman–Crippen MR) is 160 cm³/mol. The Labute approximate surface area is 254 Å². The van der Waals surface area contributed by atoms with Gasteiger partial charge in [-0.25, -0.2) is 9.80 Å². The van der Waals surface area contributed by atoms with Crippen LogP contribution in [0.25, 0.3) is 0 Å². The molecule has 1 aromatic carbocycles. The number of ether oxygens (including phenoxy) is 2. The molecule has 0 aliphatic carbocycles. The van der Waals surface area contributed by atoms with Crippen molar-refractivity contribution in [2.45, 2.75) is 89.3 Å². The molecule has 1 aromatic rings. The number of carbonyl (C=O) groups is 5. The van der Waals surface area contributed by atoms with Gasteiger partial charge in [0.1, 0.15) is 12.1 Å². The maximum atomic E-state index is 13.4. The van der Waals surface area contributed by atoms with Crippen molar-refractivity contribution in [3.63, 3.8) is 0 Å². The quantitative estimate of drug-likeness (QED) is 0.180. The Hall–Kier alpha value is -3.51. The predicted octanol–water partition coefficient (Wildman–Crippen LogP) is 1.94. The van der Waals surface area contributed by atoms with E-state index in [2.05, 4.69) is 16.0 Å². The first kappa shape index (κ1) is 34.0. The molecule has 0 radical (unpaired) electrons. The average Bonchev–Trinajstić information content (AvgIpc) is 3.02. The van der Waals surface area contributed by atoms with E-state index < -0.39 is 30.1 Å². The maximum Gasteiger partial charge on any atom is 0.330 e. The summed E-state index contributed by atoms with van der Waals surface area (Å²) in [5.74, 6) is -1.20. The van der Waals surface area contributed by atoms with E-state index in [1.807, 2.05) is 23.2 Å². The van der Waals surface area contributed by atoms with Crippen molar-refractivity contribution < 1.29 is 33.4 Å². The van der Waals surface area contributed by atoms with E-state index in [1.165, 1.54) is 12.1 Å². The number of rotatable bonds is 17. The second-order valence-corrected chi connectivity index (χ2v) is 10.9. The van der Waals surface area contributed by atoms with Crippen LogP contribution in [0.3, 0.4) is 0 Å². The second kappa shape index (κ2) is 18.2. The van der Waals surface area contributed by atoms with Crippen LogP contribution in [0.5, 0.6) is 0 Å². The molecule has 0 saturated carbocycles. The molecule has 0 spiro atoms. The molecule has 3 atom stereocenters. The van der Waals surface area contributed by atoms with E-state index in [9.17, 15) is 24.0 Å². The van der Waals surface area contributed by atoms with Gasteiger partial charge in [0.2, 0.25) is 5.91 Å². The first-order valence-electron chi connectivity index (χ1n) is 15.5. The highest BCUT2D eigenvalue weighted by Crippen LogP contribution is 2.25. The van der Waals surface area contributed by atoms with Crippen LogP contribution < -0.4 is 16.0 Å². The van der Waals surface area contributed by atoms with E-state index >= 15 is 0 Å². The van der Waals surface area contributed by atoms with Crippen LogP contribution in [0, 0.1) is 0 Å². The zero-order valence-corrected chi connectivity index (χ0v) is 25.5. The number of esters is 2. The van der Waals surface area contributed by atoms with E-state index in [0.717, 1.165) is 25.7 Å². The van der Waals surface area contributed by atoms with Crippen molar-refractivity contribution in [2.75, 3.05) is 39.9 Å². The SMILES string of the molecule is CCOC(=O)C(CCCCNC(=O)CCCCCNC(=O)c1ccccc1)NC1CCN2CCCC(C(=O)OC)N2C1=O. The fourth-order valence-corrected chi connectivity index (χ4v) is 5.50. The van der Waals surface area contributed by atoms with Gasteiger partial charge in [-0.3, -0.25) is 29.5 Å². The molecule has 2 aliphatic rings. The van der Waals surface area contributed by atoms with Crippen LogP contribution in [0.1, 0.15) is 81.5 Å². The Balaban J connectivity index is 1.34. The average molecular weight is 602 g/mol. The molecule has 43 heavy (non-hydrogen) atoms. The molecular formula is C31H47N5O7. The van der Waals surface area contributed by atoms with Gasteiger partial charge in [0.15, 0.2) is 0 Å². The minimum Gasteiger partial charge on any atom is -0.467 e. The van der Waals surface area contributed by atoms with Crippen molar-refractivity contribution in [2.24, 2.45) is 0 Å². The number of hydrogen-bond donors (Lipinski definition) is 3. The summed E-state index contributed by atoms with van der Waals surface area (Å²) in [6, 6.07) is 7.14. The molecule has 12 nitrogen and oxygen atoms in total. The normalized spacial score (nSPS) is 19.2. The Kier molecular flexibility index (Phi) is 14.4. The first-order valence-corrected chi connectivity index (χ1v) is 15.5. The maximum absolute atomic E-state index is 13.4. The summed E-state index contributed by atoms with van der Waals surface area (Å²) in [4.78, 5) is 62.7. The molecule has 3 N–H and O–H groups in total. The van der Waals surface area contributed by atoms with E-state index in [0.29, 0.717) is 70.3 Å². The largest absolute Gasteiger partial charge is 0.467 e. The van der Waals surface area contributed by atoms with Crippen LogP contribution in [0.15, 0.2) is 30.3 Å². The first-order chi connectivity index (χ1) is 20.8. The zero-order valence-electron chi connectivity index (χ0n) is 25.5. The lowest BCUT2D eigenvalue weighted by Crippen LogP contribution is -2.67. The summed E-state index contributed by atoms with van der Waals surface area (Å²) >= 11 is 0. The van der Waals surface area contributed by atoms with Crippen LogP contribution in [-0.2, 0) is 28.7 Å². The van der Waals surface area contributed by atoms with Gasteiger partial charge in [-0.1, -0.05) is 24.6 Å². The summed E-state index contributed by atoms with van der Waals surface area (Å²) in [6.07, 6.45) is 6.46. The molecule has 3 unspecified atom stereocenters. The molecule has 2 heterocycles. The number of hydrogen-bond acceptors (Lipinski definition) is 9. The lowest BCUT2D eigenvalue weighted by atomic mass is 10.0. The number of nitrogens with zero attached hydrogens (tertiary/aromatic N) is 2. The number of fused-ring (bicyclic) bond motifs is 1. The number of nitrogens with one attached hydrogen (secondary N) is 3.